The third-order valence-electron chi connectivity index (χ3n) is 4.92. The Morgan fingerprint density at radius 1 is 1.03 bits per heavy atom. The second-order valence-electron chi connectivity index (χ2n) is 8.63. The summed E-state index contributed by atoms with van der Waals surface area (Å²) < 4.78 is 6.72. The van der Waals surface area contributed by atoms with Crippen molar-refractivity contribution in [3.8, 4) is 5.69 Å². The normalized spacial score (nSPS) is 11.2. The van der Waals surface area contributed by atoms with Gasteiger partial charge in [-0.05, 0) is 17.7 Å². The number of nitrogens with zero attached hydrogens (tertiary/aromatic N) is 3. The van der Waals surface area contributed by atoms with E-state index in [2.05, 4.69) is 26.1 Å². The van der Waals surface area contributed by atoms with Gasteiger partial charge in [-0.3, -0.25) is 9.59 Å². The van der Waals surface area contributed by atoms with Gasteiger partial charge in [0.05, 0.1) is 11.4 Å². The second-order valence-corrected chi connectivity index (χ2v) is 8.63. The first kappa shape index (κ1) is 23.2. The van der Waals surface area contributed by atoms with Gasteiger partial charge < -0.3 is 15.0 Å². The summed E-state index contributed by atoms with van der Waals surface area (Å²) in [7, 11) is 1.46. The minimum Gasteiger partial charge on any atom is -0.375 e. The maximum Gasteiger partial charge on any atom is 0.249 e. The largest absolute Gasteiger partial charge is 0.375 e. The molecule has 168 valence electrons. The third-order valence-corrected chi connectivity index (χ3v) is 4.92. The van der Waals surface area contributed by atoms with Gasteiger partial charge in [-0.1, -0.05) is 69.3 Å². The summed E-state index contributed by atoms with van der Waals surface area (Å²) >= 11 is 0. The number of para-hydroxylation sites is 1. The van der Waals surface area contributed by atoms with E-state index in [0.29, 0.717) is 12.4 Å². The van der Waals surface area contributed by atoms with Gasteiger partial charge in [0.15, 0.2) is 0 Å². The Hall–Kier alpha value is -3.45. The van der Waals surface area contributed by atoms with Gasteiger partial charge in [0, 0.05) is 25.1 Å². The van der Waals surface area contributed by atoms with Crippen LogP contribution in [0.2, 0.25) is 0 Å². The standard InChI is InChI=1S/C25H30N4O3/c1-25(2,3)21-15-22(29(27-21)20-13-9-6-10-14-20)26-23(30)17-28(24(31)18-32-4)16-19-11-7-5-8-12-19/h5-15H,16-18H2,1-4H3,(H,26,30). The Balaban J connectivity index is 1.82. The Morgan fingerprint density at radius 2 is 1.66 bits per heavy atom. The van der Waals surface area contributed by atoms with Crippen LogP contribution < -0.4 is 5.32 Å². The molecule has 0 aliphatic heterocycles. The van der Waals surface area contributed by atoms with Crippen molar-refractivity contribution in [1.82, 2.24) is 14.7 Å². The van der Waals surface area contributed by atoms with Crippen LogP contribution in [-0.2, 0) is 26.3 Å². The molecule has 1 heterocycles. The molecular formula is C25H30N4O3. The summed E-state index contributed by atoms with van der Waals surface area (Å²) in [4.78, 5) is 27.0. The Kier molecular flexibility index (Phi) is 7.43. The van der Waals surface area contributed by atoms with Crippen molar-refractivity contribution in [3.63, 3.8) is 0 Å². The number of rotatable bonds is 8. The van der Waals surface area contributed by atoms with Crippen molar-refractivity contribution in [2.24, 2.45) is 0 Å². The number of anilines is 1. The van der Waals surface area contributed by atoms with E-state index in [0.717, 1.165) is 16.9 Å². The molecule has 7 nitrogen and oxygen atoms in total. The Morgan fingerprint density at radius 3 is 2.25 bits per heavy atom. The van der Waals surface area contributed by atoms with Gasteiger partial charge >= 0.3 is 0 Å². The predicted octanol–water partition coefficient (Wildman–Crippen LogP) is 3.78. The first-order valence-electron chi connectivity index (χ1n) is 10.5. The van der Waals surface area contributed by atoms with Crippen molar-refractivity contribution < 1.29 is 14.3 Å². The van der Waals surface area contributed by atoms with E-state index in [-0.39, 0.29) is 30.4 Å². The number of amides is 2. The van der Waals surface area contributed by atoms with Crippen molar-refractivity contribution in [2.75, 3.05) is 25.6 Å². The number of aromatic nitrogens is 2. The highest BCUT2D eigenvalue weighted by Gasteiger charge is 2.23. The lowest BCUT2D eigenvalue weighted by Crippen LogP contribution is -2.39. The van der Waals surface area contributed by atoms with E-state index in [4.69, 9.17) is 9.84 Å². The molecule has 1 N–H and O–H groups in total. The lowest BCUT2D eigenvalue weighted by Gasteiger charge is -2.22. The molecule has 0 radical (unpaired) electrons. The van der Waals surface area contributed by atoms with Crippen LogP contribution in [0.3, 0.4) is 0 Å². The Labute approximate surface area is 189 Å². The minimum atomic E-state index is -0.303. The molecular weight excluding hydrogens is 404 g/mol. The number of carbonyl (C=O) groups is 2. The number of ether oxygens (including phenoxy) is 1. The van der Waals surface area contributed by atoms with Crippen molar-refractivity contribution in [3.05, 3.63) is 78.0 Å². The zero-order chi connectivity index (χ0) is 23.1. The molecule has 1 aromatic heterocycles. The second kappa shape index (κ2) is 10.2. The number of methoxy groups -OCH3 is 1. The van der Waals surface area contributed by atoms with E-state index >= 15 is 0 Å². The quantitative estimate of drug-likeness (QED) is 0.585. The molecule has 0 saturated heterocycles. The molecule has 2 aromatic carbocycles. The fourth-order valence-corrected chi connectivity index (χ4v) is 3.21. The van der Waals surface area contributed by atoms with Crippen LogP contribution in [0.25, 0.3) is 5.69 Å². The number of benzene rings is 2. The first-order valence-corrected chi connectivity index (χ1v) is 10.5. The summed E-state index contributed by atoms with van der Waals surface area (Å²) in [6.07, 6.45) is 0. The van der Waals surface area contributed by atoms with E-state index < -0.39 is 0 Å². The Bertz CT molecular complexity index is 1040. The van der Waals surface area contributed by atoms with Gasteiger partial charge in [-0.15, -0.1) is 0 Å². The summed E-state index contributed by atoms with van der Waals surface area (Å²) in [5, 5.41) is 7.66. The average Bonchev–Trinajstić information content (AvgIpc) is 3.19. The van der Waals surface area contributed by atoms with Gasteiger partial charge in [0.25, 0.3) is 0 Å². The van der Waals surface area contributed by atoms with Crippen LogP contribution in [0.15, 0.2) is 66.7 Å². The molecule has 0 aliphatic rings. The molecule has 0 unspecified atom stereocenters. The van der Waals surface area contributed by atoms with Crippen LogP contribution in [0.5, 0.6) is 0 Å². The lowest BCUT2D eigenvalue weighted by molar-refractivity contribution is -0.138. The number of hydrogen-bond acceptors (Lipinski definition) is 4. The van der Waals surface area contributed by atoms with Crippen LogP contribution in [0.1, 0.15) is 32.0 Å². The topological polar surface area (TPSA) is 76.5 Å². The van der Waals surface area contributed by atoms with Gasteiger partial charge in [0.2, 0.25) is 11.8 Å². The fraction of sp³-hybridized carbons (Fsp3) is 0.320. The summed E-state index contributed by atoms with van der Waals surface area (Å²) in [5.41, 5.74) is 2.45. The highest BCUT2D eigenvalue weighted by atomic mass is 16.5. The van der Waals surface area contributed by atoms with Crippen LogP contribution >= 0.6 is 0 Å². The minimum absolute atomic E-state index is 0.0871. The summed E-state index contributed by atoms with van der Waals surface area (Å²) in [5.74, 6) is 0.00588. The molecule has 2 amide bonds. The monoisotopic (exact) mass is 434 g/mol. The zero-order valence-corrected chi connectivity index (χ0v) is 19.0. The zero-order valence-electron chi connectivity index (χ0n) is 19.0. The predicted molar refractivity (Wildman–Crippen MR) is 125 cm³/mol. The van der Waals surface area contributed by atoms with Crippen LogP contribution in [0, 0.1) is 0 Å². The van der Waals surface area contributed by atoms with Crippen LogP contribution in [0.4, 0.5) is 5.82 Å². The molecule has 0 bridgehead atoms. The van der Waals surface area contributed by atoms with E-state index in [1.165, 1.54) is 12.0 Å². The number of carbonyl (C=O) groups excluding carboxylic acids is 2. The lowest BCUT2D eigenvalue weighted by atomic mass is 9.92. The van der Waals surface area contributed by atoms with Gasteiger partial charge in [0.1, 0.15) is 19.0 Å². The summed E-state index contributed by atoms with van der Waals surface area (Å²) in [6, 6.07) is 21.1. The highest BCUT2D eigenvalue weighted by molar-refractivity contribution is 5.94. The first-order chi connectivity index (χ1) is 15.3. The van der Waals surface area contributed by atoms with Crippen molar-refractivity contribution in [1.29, 1.82) is 0 Å². The maximum absolute atomic E-state index is 13.0. The molecule has 3 aromatic rings. The van der Waals surface area contributed by atoms with E-state index in [1.807, 2.05) is 66.7 Å². The molecule has 7 heteroatoms. The summed E-state index contributed by atoms with van der Waals surface area (Å²) in [6.45, 7) is 6.35. The highest BCUT2D eigenvalue weighted by Crippen LogP contribution is 2.26. The molecule has 32 heavy (non-hydrogen) atoms. The number of hydrogen-bond donors (Lipinski definition) is 1. The fourth-order valence-electron chi connectivity index (χ4n) is 3.21. The maximum atomic E-state index is 13.0. The SMILES string of the molecule is COCC(=O)N(CC(=O)Nc1cc(C(C)(C)C)nn1-c1ccccc1)Cc1ccccc1. The average molecular weight is 435 g/mol. The van der Waals surface area contributed by atoms with Gasteiger partial charge in [-0.2, -0.15) is 5.10 Å². The molecule has 0 spiro atoms. The van der Waals surface area contributed by atoms with Crippen molar-refractivity contribution in [2.45, 2.75) is 32.7 Å². The van der Waals surface area contributed by atoms with E-state index in [9.17, 15) is 9.59 Å². The molecule has 3 rings (SSSR count). The molecule has 0 aliphatic carbocycles. The van der Waals surface area contributed by atoms with E-state index in [1.54, 1.807) is 4.68 Å². The molecule has 0 atom stereocenters. The van der Waals surface area contributed by atoms with Crippen molar-refractivity contribution >= 4 is 17.6 Å². The van der Waals surface area contributed by atoms with Gasteiger partial charge in [-0.25, -0.2) is 4.68 Å². The number of nitrogens with one attached hydrogen (secondary N) is 1. The molecule has 0 saturated carbocycles. The smallest absolute Gasteiger partial charge is 0.249 e. The molecule has 0 fully saturated rings. The third kappa shape index (κ3) is 6.04. The van der Waals surface area contributed by atoms with Crippen LogP contribution in [-0.4, -0.2) is 46.8 Å².